The summed E-state index contributed by atoms with van der Waals surface area (Å²) in [7, 11) is 0. The van der Waals surface area contributed by atoms with Crippen molar-refractivity contribution in [1.82, 2.24) is 5.32 Å². The fraction of sp³-hybridized carbons (Fsp3) is 0.588. The molecule has 0 saturated carbocycles. The molecule has 2 unspecified atom stereocenters. The Balaban J connectivity index is 0.00000529. The van der Waals surface area contributed by atoms with Gasteiger partial charge in [-0.2, -0.15) is 11.8 Å². The molecule has 1 aromatic carbocycles. The monoisotopic (exact) mass is 376 g/mol. The molecule has 0 aliphatic carbocycles. The number of carbonyl (C=O) groups excluding carboxylic acids is 1. The number of benzene rings is 1. The van der Waals surface area contributed by atoms with Gasteiger partial charge in [-0.05, 0) is 56.9 Å². The van der Waals surface area contributed by atoms with Gasteiger partial charge >= 0.3 is 0 Å². The lowest BCUT2D eigenvalue weighted by molar-refractivity contribution is -0.123. The van der Waals surface area contributed by atoms with Gasteiger partial charge < -0.3 is 20.5 Å². The summed E-state index contributed by atoms with van der Waals surface area (Å²) in [4.78, 5) is 12.1. The maximum absolute atomic E-state index is 12.1. The molecule has 0 fully saturated rings. The van der Waals surface area contributed by atoms with Gasteiger partial charge in [0.05, 0.1) is 25.3 Å². The van der Waals surface area contributed by atoms with Crippen LogP contribution in [0.25, 0.3) is 0 Å². The summed E-state index contributed by atoms with van der Waals surface area (Å²) < 4.78 is 11.2. The Bertz CT molecular complexity index is 503. The molecule has 24 heavy (non-hydrogen) atoms. The van der Waals surface area contributed by atoms with E-state index in [-0.39, 0.29) is 24.4 Å². The first-order chi connectivity index (χ1) is 11.0. The van der Waals surface area contributed by atoms with Crippen molar-refractivity contribution in [2.45, 2.75) is 39.3 Å². The molecule has 0 saturated heterocycles. The fourth-order valence-corrected chi connectivity index (χ4v) is 2.61. The van der Waals surface area contributed by atoms with Gasteiger partial charge in [-0.25, -0.2) is 0 Å². The molecule has 0 bridgehead atoms. The third-order valence-corrected chi connectivity index (χ3v) is 4.04. The van der Waals surface area contributed by atoms with E-state index in [9.17, 15) is 4.79 Å². The van der Waals surface area contributed by atoms with Crippen LogP contribution in [-0.2, 0) is 4.79 Å². The Morgan fingerprint density at radius 2 is 1.88 bits per heavy atom. The number of hydrogen-bond acceptors (Lipinski definition) is 5. The highest BCUT2D eigenvalue weighted by atomic mass is 35.5. The molecular weight excluding hydrogens is 348 g/mol. The van der Waals surface area contributed by atoms with Crippen LogP contribution in [0.15, 0.2) is 18.2 Å². The molecule has 0 radical (unpaired) electrons. The highest BCUT2D eigenvalue weighted by Crippen LogP contribution is 2.30. The van der Waals surface area contributed by atoms with Crippen molar-refractivity contribution >= 4 is 30.1 Å². The van der Waals surface area contributed by atoms with Gasteiger partial charge in [-0.3, -0.25) is 4.79 Å². The molecular formula is C17H29ClN2O3S. The van der Waals surface area contributed by atoms with Crippen LogP contribution in [0.3, 0.4) is 0 Å². The van der Waals surface area contributed by atoms with E-state index in [0.717, 1.165) is 11.3 Å². The van der Waals surface area contributed by atoms with Gasteiger partial charge in [0.25, 0.3) is 0 Å². The molecule has 5 nitrogen and oxygen atoms in total. The second kappa shape index (κ2) is 12.3. The van der Waals surface area contributed by atoms with E-state index >= 15 is 0 Å². The number of nitrogens with two attached hydrogens (primary N) is 1. The van der Waals surface area contributed by atoms with Crippen molar-refractivity contribution in [3.63, 3.8) is 0 Å². The van der Waals surface area contributed by atoms with Gasteiger partial charge in [0.15, 0.2) is 11.5 Å². The minimum atomic E-state index is -0.473. The van der Waals surface area contributed by atoms with Crippen molar-refractivity contribution < 1.29 is 14.3 Å². The third-order valence-electron chi connectivity index (χ3n) is 3.40. The summed E-state index contributed by atoms with van der Waals surface area (Å²) in [5, 5.41) is 2.96. The van der Waals surface area contributed by atoms with Crippen LogP contribution in [0.5, 0.6) is 11.5 Å². The zero-order valence-corrected chi connectivity index (χ0v) is 16.5. The minimum Gasteiger partial charge on any atom is -0.490 e. The van der Waals surface area contributed by atoms with Crippen molar-refractivity contribution in [3.8, 4) is 11.5 Å². The molecule has 0 heterocycles. The molecule has 0 aliphatic heterocycles. The number of carbonyl (C=O) groups is 1. The summed E-state index contributed by atoms with van der Waals surface area (Å²) in [5.74, 6) is 2.16. The molecule has 0 aliphatic rings. The van der Waals surface area contributed by atoms with E-state index in [1.807, 2.05) is 45.2 Å². The first kappa shape index (κ1) is 22.9. The normalized spacial score (nSPS) is 12.7. The van der Waals surface area contributed by atoms with Gasteiger partial charge in [0.2, 0.25) is 5.91 Å². The van der Waals surface area contributed by atoms with Crippen LogP contribution in [-0.4, -0.2) is 37.2 Å². The molecule has 0 aromatic heterocycles. The highest BCUT2D eigenvalue weighted by molar-refractivity contribution is 7.98. The molecule has 3 N–H and O–H groups in total. The Labute approximate surface area is 155 Å². The summed E-state index contributed by atoms with van der Waals surface area (Å²) in [6.07, 6.45) is 2.68. The second-order valence-corrected chi connectivity index (χ2v) is 6.18. The number of ether oxygens (including phenoxy) is 2. The van der Waals surface area contributed by atoms with Crippen LogP contribution < -0.4 is 20.5 Å². The molecule has 0 spiro atoms. The van der Waals surface area contributed by atoms with Crippen LogP contribution in [0.1, 0.15) is 38.8 Å². The summed E-state index contributed by atoms with van der Waals surface area (Å²) >= 11 is 1.69. The fourth-order valence-electron chi connectivity index (χ4n) is 2.12. The zero-order chi connectivity index (χ0) is 17.2. The number of amides is 1. The van der Waals surface area contributed by atoms with Gasteiger partial charge in [-0.15, -0.1) is 12.4 Å². The minimum absolute atomic E-state index is 0. The number of halogens is 1. The summed E-state index contributed by atoms with van der Waals surface area (Å²) in [6.45, 7) is 6.94. The van der Waals surface area contributed by atoms with E-state index in [1.165, 1.54) is 0 Å². The lowest BCUT2D eigenvalue weighted by Gasteiger charge is -2.19. The smallest absolute Gasteiger partial charge is 0.237 e. The topological polar surface area (TPSA) is 73.6 Å². The number of thioether (sulfide) groups is 1. The van der Waals surface area contributed by atoms with Crippen molar-refractivity contribution in [2.75, 3.05) is 25.2 Å². The third kappa shape index (κ3) is 7.20. The first-order valence-corrected chi connectivity index (χ1v) is 9.37. The first-order valence-electron chi connectivity index (χ1n) is 7.97. The second-order valence-electron chi connectivity index (χ2n) is 5.19. The molecule has 7 heteroatoms. The van der Waals surface area contributed by atoms with Crippen LogP contribution in [0.4, 0.5) is 0 Å². The molecule has 138 valence electrons. The van der Waals surface area contributed by atoms with Crippen molar-refractivity contribution in [1.29, 1.82) is 0 Å². The summed E-state index contributed by atoms with van der Waals surface area (Å²) in [6, 6.07) is 5.11. The Morgan fingerprint density at radius 1 is 1.25 bits per heavy atom. The SMILES string of the molecule is CCOc1ccc(C(C)NC(=O)C(N)CCSC)cc1OCC.Cl. The lowest BCUT2D eigenvalue weighted by Crippen LogP contribution is -2.41. The van der Waals surface area contributed by atoms with Crippen LogP contribution >= 0.6 is 24.2 Å². The predicted octanol–water partition coefficient (Wildman–Crippen LogP) is 3.16. The van der Waals surface area contributed by atoms with Crippen LogP contribution in [0, 0.1) is 0 Å². The van der Waals surface area contributed by atoms with Gasteiger partial charge in [0.1, 0.15) is 0 Å². The maximum atomic E-state index is 12.1. The van der Waals surface area contributed by atoms with Gasteiger partial charge in [-0.1, -0.05) is 6.07 Å². The number of rotatable bonds is 10. The van der Waals surface area contributed by atoms with E-state index in [1.54, 1.807) is 11.8 Å². The molecule has 1 rings (SSSR count). The van der Waals surface area contributed by atoms with Gasteiger partial charge in [0, 0.05) is 0 Å². The highest BCUT2D eigenvalue weighted by Gasteiger charge is 2.17. The maximum Gasteiger partial charge on any atom is 0.237 e. The Hall–Kier alpha value is -1.11. The quantitative estimate of drug-likeness (QED) is 0.656. The van der Waals surface area contributed by atoms with E-state index < -0.39 is 6.04 Å². The Morgan fingerprint density at radius 3 is 2.46 bits per heavy atom. The lowest BCUT2D eigenvalue weighted by atomic mass is 10.1. The molecule has 2 atom stereocenters. The summed E-state index contributed by atoms with van der Waals surface area (Å²) in [5.41, 5.74) is 6.86. The van der Waals surface area contributed by atoms with E-state index in [2.05, 4.69) is 5.32 Å². The molecule has 1 aromatic rings. The average molecular weight is 377 g/mol. The molecule has 1 amide bonds. The van der Waals surface area contributed by atoms with Crippen LogP contribution in [0.2, 0.25) is 0 Å². The van der Waals surface area contributed by atoms with Crippen molar-refractivity contribution in [3.05, 3.63) is 23.8 Å². The largest absolute Gasteiger partial charge is 0.490 e. The number of hydrogen-bond donors (Lipinski definition) is 2. The number of nitrogens with one attached hydrogen (secondary N) is 1. The van der Waals surface area contributed by atoms with E-state index in [4.69, 9.17) is 15.2 Å². The Kier molecular flexibility index (Phi) is 11.7. The zero-order valence-electron chi connectivity index (χ0n) is 14.8. The van der Waals surface area contributed by atoms with E-state index in [0.29, 0.717) is 31.1 Å². The van der Waals surface area contributed by atoms with Crippen molar-refractivity contribution in [2.24, 2.45) is 5.73 Å². The standard InChI is InChI=1S/C17H28N2O3S.ClH/c1-5-21-15-8-7-13(11-16(15)22-6-2)12(3)19-17(20)14(18)9-10-23-4;/h7-8,11-12,14H,5-6,9-10,18H2,1-4H3,(H,19,20);1H. The average Bonchev–Trinajstić information content (AvgIpc) is 2.54. The predicted molar refractivity (Wildman–Crippen MR) is 104 cm³/mol.